The molecule has 0 bridgehead atoms. The van der Waals surface area contributed by atoms with E-state index in [4.69, 9.17) is 9.47 Å². The van der Waals surface area contributed by atoms with Crippen LogP contribution in [0.3, 0.4) is 0 Å². The second-order valence-electron chi connectivity index (χ2n) is 3.93. The minimum atomic E-state index is -0.151. The molecule has 0 saturated heterocycles. The van der Waals surface area contributed by atoms with Gasteiger partial charge in [-0.1, -0.05) is 30.0 Å². The van der Waals surface area contributed by atoms with Gasteiger partial charge < -0.3 is 9.47 Å². The van der Waals surface area contributed by atoms with E-state index in [2.05, 4.69) is 0 Å². The van der Waals surface area contributed by atoms with Crippen LogP contribution in [-0.4, -0.2) is 25.6 Å². The van der Waals surface area contributed by atoms with Crippen LogP contribution in [0.1, 0.15) is 25.7 Å². The molecule has 1 aromatic carbocycles. The fraction of sp³-hybridized carbons (Fsp3) is 0.500. The molecule has 0 atom stereocenters. The fourth-order valence-electron chi connectivity index (χ4n) is 1.58. The molecule has 0 fully saturated rings. The maximum absolute atomic E-state index is 11.7. The lowest BCUT2D eigenvalue weighted by Gasteiger charge is -2.12. The number of benzene rings is 1. The van der Waals surface area contributed by atoms with E-state index in [1.807, 2.05) is 30.3 Å². The molecule has 0 saturated carbocycles. The first-order valence-electron chi connectivity index (χ1n) is 6.07. The quantitative estimate of drug-likeness (QED) is 0.411. The van der Waals surface area contributed by atoms with E-state index in [1.54, 1.807) is 14.2 Å². The molecule has 100 valence electrons. The van der Waals surface area contributed by atoms with Crippen LogP contribution in [0.15, 0.2) is 35.2 Å². The minimum Gasteiger partial charge on any atom is -0.356 e. The predicted molar refractivity (Wildman–Crippen MR) is 73.6 cm³/mol. The first-order chi connectivity index (χ1) is 8.76. The predicted octanol–water partition coefficient (Wildman–Crippen LogP) is 3.48. The van der Waals surface area contributed by atoms with Gasteiger partial charge in [0, 0.05) is 25.5 Å². The van der Waals surface area contributed by atoms with Gasteiger partial charge in [0.25, 0.3) is 0 Å². The summed E-state index contributed by atoms with van der Waals surface area (Å²) < 4.78 is 10.2. The van der Waals surface area contributed by atoms with E-state index >= 15 is 0 Å². The maximum Gasteiger partial charge on any atom is 0.193 e. The summed E-state index contributed by atoms with van der Waals surface area (Å²) in [7, 11) is 3.26. The van der Waals surface area contributed by atoms with E-state index in [0.717, 1.165) is 24.2 Å². The van der Waals surface area contributed by atoms with Crippen LogP contribution in [0, 0.1) is 0 Å². The molecule has 0 aliphatic heterocycles. The van der Waals surface area contributed by atoms with Crippen molar-refractivity contribution in [3.8, 4) is 0 Å². The highest BCUT2D eigenvalue weighted by Gasteiger charge is 2.07. The lowest BCUT2D eigenvalue weighted by Crippen LogP contribution is -2.12. The van der Waals surface area contributed by atoms with Crippen LogP contribution in [0.5, 0.6) is 0 Å². The van der Waals surface area contributed by atoms with E-state index in [9.17, 15) is 4.79 Å². The number of thioether (sulfide) groups is 1. The third-order valence-electron chi connectivity index (χ3n) is 2.57. The summed E-state index contributed by atoms with van der Waals surface area (Å²) in [6.45, 7) is 0. The van der Waals surface area contributed by atoms with Crippen molar-refractivity contribution in [2.45, 2.75) is 36.9 Å². The molecule has 0 aliphatic carbocycles. The highest BCUT2D eigenvalue weighted by molar-refractivity contribution is 8.13. The molecule has 1 rings (SSSR count). The zero-order chi connectivity index (χ0) is 13.2. The Kier molecular flexibility index (Phi) is 7.73. The average molecular weight is 268 g/mol. The highest BCUT2D eigenvalue weighted by Crippen LogP contribution is 2.21. The van der Waals surface area contributed by atoms with Gasteiger partial charge in [0.15, 0.2) is 11.4 Å². The smallest absolute Gasteiger partial charge is 0.193 e. The summed E-state index contributed by atoms with van der Waals surface area (Å²) in [6.07, 6.45) is 3.09. The zero-order valence-corrected chi connectivity index (χ0v) is 11.7. The molecule has 0 spiro atoms. The summed E-state index contributed by atoms with van der Waals surface area (Å²) in [4.78, 5) is 12.7. The summed E-state index contributed by atoms with van der Waals surface area (Å²) in [5.41, 5.74) is 0. The highest BCUT2D eigenvalue weighted by atomic mass is 32.2. The molecule has 0 aliphatic rings. The average Bonchev–Trinajstić information content (AvgIpc) is 2.40. The summed E-state index contributed by atoms with van der Waals surface area (Å²) >= 11 is 1.31. The topological polar surface area (TPSA) is 35.5 Å². The van der Waals surface area contributed by atoms with Crippen molar-refractivity contribution in [2.75, 3.05) is 14.2 Å². The van der Waals surface area contributed by atoms with Crippen LogP contribution in [-0.2, 0) is 14.3 Å². The summed E-state index contributed by atoms with van der Waals surface area (Å²) in [5, 5.41) is 0.215. The molecule has 0 amide bonds. The lowest BCUT2D eigenvalue weighted by molar-refractivity contribution is -0.112. The second-order valence-corrected chi connectivity index (χ2v) is 5.06. The number of ether oxygens (including phenoxy) is 2. The molecule has 0 aromatic heterocycles. The Morgan fingerprint density at radius 2 is 1.83 bits per heavy atom. The zero-order valence-electron chi connectivity index (χ0n) is 10.9. The third kappa shape index (κ3) is 6.19. The van der Waals surface area contributed by atoms with Crippen molar-refractivity contribution in [1.82, 2.24) is 0 Å². The van der Waals surface area contributed by atoms with E-state index in [1.165, 1.54) is 11.8 Å². The molecule has 4 heteroatoms. The molecule has 0 heterocycles. The van der Waals surface area contributed by atoms with Crippen LogP contribution in [0.4, 0.5) is 0 Å². The van der Waals surface area contributed by atoms with Gasteiger partial charge in [-0.25, -0.2) is 0 Å². The monoisotopic (exact) mass is 268 g/mol. The van der Waals surface area contributed by atoms with Crippen molar-refractivity contribution >= 4 is 16.9 Å². The van der Waals surface area contributed by atoms with Crippen LogP contribution in [0.25, 0.3) is 0 Å². The minimum absolute atomic E-state index is 0.151. The van der Waals surface area contributed by atoms with Gasteiger partial charge in [-0.15, -0.1) is 0 Å². The van der Waals surface area contributed by atoms with Crippen molar-refractivity contribution in [3.63, 3.8) is 0 Å². The van der Waals surface area contributed by atoms with E-state index < -0.39 is 0 Å². The molecule has 18 heavy (non-hydrogen) atoms. The Bertz CT molecular complexity index is 336. The van der Waals surface area contributed by atoms with Crippen LogP contribution < -0.4 is 0 Å². The number of carbonyl (C=O) groups excluding carboxylic acids is 1. The Morgan fingerprint density at radius 1 is 1.17 bits per heavy atom. The molecular weight excluding hydrogens is 248 g/mol. The number of hydrogen-bond acceptors (Lipinski definition) is 4. The SMILES string of the molecule is COC(CCCCC(=O)Sc1ccccc1)OC. The normalized spacial score (nSPS) is 10.8. The third-order valence-corrected chi connectivity index (χ3v) is 3.51. The Balaban J connectivity index is 2.14. The molecule has 3 nitrogen and oxygen atoms in total. The first-order valence-corrected chi connectivity index (χ1v) is 6.89. The van der Waals surface area contributed by atoms with Gasteiger partial charge in [0.05, 0.1) is 0 Å². The lowest BCUT2D eigenvalue weighted by atomic mass is 10.2. The summed E-state index contributed by atoms with van der Waals surface area (Å²) in [5.74, 6) is 0. The Hall–Kier alpha value is -0.840. The van der Waals surface area contributed by atoms with Gasteiger partial charge in [0.2, 0.25) is 0 Å². The Morgan fingerprint density at radius 3 is 2.44 bits per heavy atom. The Labute approximate surface area is 113 Å². The number of unbranched alkanes of at least 4 members (excludes halogenated alkanes) is 1. The van der Waals surface area contributed by atoms with Crippen LogP contribution in [0.2, 0.25) is 0 Å². The molecular formula is C14H20O3S. The summed E-state index contributed by atoms with van der Waals surface area (Å²) in [6, 6.07) is 9.74. The van der Waals surface area contributed by atoms with Crippen molar-refractivity contribution < 1.29 is 14.3 Å². The molecule has 1 aromatic rings. The van der Waals surface area contributed by atoms with E-state index in [-0.39, 0.29) is 11.4 Å². The molecule has 0 unspecified atom stereocenters. The number of methoxy groups -OCH3 is 2. The van der Waals surface area contributed by atoms with E-state index in [0.29, 0.717) is 6.42 Å². The number of rotatable bonds is 8. The van der Waals surface area contributed by atoms with Gasteiger partial charge in [-0.2, -0.15) is 0 Å². The standard InChI is InChI=1S/C14H20O3S/c1-16-14(17-2)11-7-6-10-13(15)18-12-8-4-3-5-9-12/h3-5,8-9,14H,6-7,10-11H2,1-2H3. The van der Waals surface area contributed by atoms with Gasteiger partial charge >= 0.3 is 0 Å². The van der Waals surface area contributed by atoms with Crippen molar-refractivity contribution in [1.29, 1.82) is 0 Å². The van der Waals surface area contributed by atoms with Gasteiger partial charge in [-0.05, 0) is 31.4 Å². The molecule has 0 N–H and O–H groups in total. The maximum atomic E-state index is 11.7. The number of carbonyl (C=O) groups is 1. The molecule has 0 radical (unpaired) electrons. The van der Waals surface area contributed by atoms with Crippen LogP contribution >= 0.6 is 11.8 Å². The fourth-order valence-corrected chi connectivity index (χ4v) is 2.39. The largest absolute Gasteiger partial charge is 0.356 e. The number of hydrogen-bond donors (Lipinski definition) is 0. The second kappa shape index (κ2) is 9.14. The first kappa shape index (κ1) is 15.2. The van der Waals surface area contributed by atoms with Gasteiger partial charge in [0.1, 0.15) is 0 Å². The van der Waals surface area contributed by atoms with Gasteiger partial charge in [-0.3, -0.25) is 4.79 Å². The van der Waals surface area contributed by atoms with Crippen molar-refractivity contribution in [2.24, 2.45) is 0 Å². The van der Waals surface area contributed by atoms with Crippen molar-refractivity contribution in [3.05, 3.63) is 30.3 Å².